The number of aromatic nitrogens is 2. The first-order valence-electron chi connectivity index (χ1n) is 12.1. The molecule has 4 rings (SSSR count). The summed E-state index contributed by atoms with van der Waals surface area (Å²) in [7, 11) is 1.84. The third-order valence-electron chi connectivity index (χ3n) is 6.88. The molecular weight excluding hydrogens is 456 g/mol. The van der Waals surface area contributed by atoms with Gasteiger partial charge in [0.15, 0.2) is 0 Å². The SMILES string of the molecule is CCN(NC)c1ccc(C(CC(=O)O)c2ccc3c(c2)CN(C(=O)c2cnccn2)CC3)c(C)c1N. The normalized spacial score (nSPS) is 13.7. The van der Waals surface area contributed by atoms with Gasteiger partial charge in [0.05, 0.1) is 24.0 Å². The Morgan fingerprint density at radius 1 is 1.22 bits per heavy atom. The average molecular weight is 489 g/mol. The van der Waals surface area contributed by atoms with Crippen LogP contribution in [-0.2, 0) is 17.8 Å². The first-order chi connectivity index (χ1) is 17.3. The smallest absolute Gasteiger partial charge is 0.304 e. The van der Waals surface area contributed by atoms with E-state index in [2.05, 4.69) is 21.5 Å². The second-order valence-corrected chi connectivity index (χ2v) is 8.93. The lowest BCUT2D eigenvalue weighted by Gasteiger charge is -2.30. The van der Waals surface area contributed by atoms with Crippen molar-refractivity contribution in [2.75, 3.05) is 30.9 Å². The minimum atomic E-state index is -0.885. The molecule has 0 aliphatic carbocycles. The number of nitrogens with zero attached hydrogens (tertiary/aromatic N) is 4. The lowest BCUT2D eigenvalue weighted by Crippen LogP contribution is -2.36. The molecule has 0 saturated heterocycles. The van der Waals surface area contributed by atoms with Gasteiger partial charge >= 0.3 is 5.97 Å². The van der Waals surface area contributed by atoms with Crippen molar-refractivity contribution in [3.8, 4) is 0 Å². The van der Waals surface area contributed by atoms with Crippen LogP contribution in [0.5, 0.6) is 0 Å². The number of nitrogens with one attached hydrogen (secondary N) is 1. The highest BCUT2D eigenvalue weighted by atomic mass is 16.4. The number of hydrogen-bond donors (Lipinski definition) is 3. The highest BCUT2D eigenvalue weighted by Gasteiger charge is 2.26. The van der Waals surface area contributed by atoms with Crippen molar-refractivity contribution in [2.24, 2.45) is 0 Å². The summed E-state index contributed by atoms with van der Waals surface area (Å²) < 4.78 is 0. The van der Waals surface area contributed by atoms with Crippen LogP contribution in [0.15, 0.2) is 48.9 Å². The van der Waals surface area contributed by atoms with Crippen LogP contribution in [0.2, 0.25) is 0 Å². The summed E-state index contributed by atoms with van der Waals surface area (Å²) in [4.78, 5) is 34.7. The maximum Gasteiger partial charge on any atom is 0.304 e. The minimum Gasteiger partial charge on any atom is -0.481 e. The van der Waals surface area contributed by atoms with E-state index in [1.54, 1.807) is 4.90 Å². The highest BCUT2D eigenvalue weighted by molar-refractivity contribution is 5.92. The van der Waals surface area contributed by atoms with Crippen LogP contribution >= 0.6 is 0 Å². The molecule has 1 amide bonds. The van der Waals surface area contributed by atoms with Gasteiger partial charge in [-0.15, -0.1) is 0 Å². The molecule has 1 aromatic heterocycles. The molecule has 0 saturated carbocycles. The molecule has 0 radical (unpaired) electrons. The van der Waals surface area contributed by atoms with Gasteiger partial charge in [0.1, 0.15) is 5.69 Å². The fourth-order valence-electron chi connectivity index (χ4n) is 4.91. The molecule has 9 nitrogen and oxygen atoms in total. The standard InChI is InChI=1S/C27H32N6O3/c1-4-33(29-3)24-8-7-21(17(2)26(24)28)22(14-25(34)35)19-6-5-18-9-12-32(16-20(18)13-19)27(36)23-15-30-10-11-31-23/h5-8,10-11,13,15,22,29H,4,9,12,14,16,28H2,1-3H3,(H,34,35). The molecule has 1 aliphatic rings. The van der Waals surface area contributed by atoms with Gasteiger partial charge in [0.2, 0.25) is 0 Å². The van der Waals surface area contributed by atoms with Crippen LogP contribution in [0.4, 0.5) is 11.4 Å². The Kier molecular flexibility index (Phi) is 7.49. The van der Waals surface area contributed by atoms with Gasteiger partial charge in [-0.3, -0.25) is 14.6 Å². The van der Waals surface area contributed by atoms with Crippen molar-refractivity contribution >= 4 is 23.3 Å². The number of fused-ring (bicyclic) bond motifs is 1. The van der Waals surface area contributed by atoms with E-state index in [0.717, 1.165) is 46.5 Å². The number of nitrogens with two attached hydrogens (primary N) is 1. The number of benzene rings is 2. The second kappa shape index (κ2) is 10.7. The lowest BCUT2D eigenvalue weighted by molar-refractivity contribution is -0.137. The highest BCUT2D eigenvalue weighted by Crippen LogP contribution is 2.37. The van der Waals surface area contributed by atoms with E-state index in [9.17, 15) is 14.7 Å². The Hall–Kier alpha value is -3.98. The zero-order valence-corrected chi connectivity index (χ0v) is 20.9. The lowest BCUT2D eigenvalue weighted by atomic mass is 9.83. The van der Waals surface area contributed by atoms with Crippen LogP contribution in [0.1, 0.15) is 57.6 Å². The predicted octanol–water partition coefficient (Wildman–Crippen LogP) is 3.13. The number of amides is 1. The Bertz CT molecular complexity index is 1260. The molecule has 9 heteroatoms. The monoisotopic (exact) mass is 488 g/mol. The fourth-order valence-corrected chi connectivity index (χ4v) is 4.91. The molecule has 0 spiro atoms. The minimum absolute atomic E-state index is 0.0653. The number of nitrogen functional groups attached to an aromatic ring is 1. The molecule has 1 unspecified atom stereocenters. The fraction of sp³-hybridized carbons (Fsp3) is 0.333. The third kappa shape index (κ3) is 5.01. The summed E-state index contributed by atoms with van der Waals surface area (Å²) in [5, 5.41) is 11.7. The average Bonchev–Trinajstić information content (AvgIpc) is 2.90. The van der Waals surface area contributed by atoms with Crippen molar-refractivity contribution in [1.29, 1.82) is 0 Å². The van der Waals surface area contributed by atoms with Crippen LogP contribution < -0.4 is 16.2 Å². The van der Waals surface area contributed by atoms with Crippen molar-refractivity contribution < 1.29 is 14.7 Å². The zero-order chi connectivity index (χ0) is 25.8. The summed E-state index contributed by atoms with van der Waals surface area (Å²) in [6.07, 6.45) is 5.18. The number of carbonyl (C=O) groups is 2. The molecule has 0 bridgehead atoms. The van der Waals surface area contributed by atoms with E-state index in [4.69, 9.17) is 5.73 Å². The maximum absolute atomic E-state index is 12.9. The van der Waals surface area contributed by atoms with Gasteiger partial charge in [-0.25, -0.2) is 10.4 Å². The Morgan fingerprint density at radius 3 is 2.69 bits per heavy atom. The zero-order valence-electron chi connectivity index (χ0n) is 20.9. The molecule has 4 N–H and O–H groups in total. The summed E-state index contributed by atoms with van der Waals surface area (Å²) in [5.74, 6) is -1.42. The summed E-state index contributed by atoms with van der Waals surface area (Å²) >= 11 is 0. The molecule has 0 fully saturated rings. The quantitative estimate of drug-likeness (QED) is 0.326. The van der Waals surface area contributed by atoms with Gasteiger partial charge in [0.25, 0.3) is 5.91 Å². The number of anilines is 2. The molecule has 2 heterocycles. The Balaban J connectivity index is 1.68. The maximum atomic E-state index is 12.9. The van der Waals surface area contributed by atoms with Crippen LogP contribution in [-0.4, -0.2) is 52.0 Å². The van der Waals surface area contributed by atoms with Crippen molar-refractivity contribution in [1.82, 2.24) is 20.3 Å². The number of carboxylic acids is 1. The largest absolute Gasteiger partial charge is 0.481 e. The molecule has 3 aromatic rings. The van der Waals surface area contributed by atoms with Crippen molar-refractivity contribution in [3.05, 3.63) is 82.4 Å². The summed E-state index contributed by atoms with van der Waals surface area (Å²) in [6.45, 7) is 5.72. The van der Waals surface area contributed by atoms with Crippen molar-refractivity contribution in [2.45, 2.75) is 39.2 Å². The summed E-state index contributed by atoms with van der Waals surface area (Å²) in [5.41, 5.74) is 16.3. The van der Waals surface area contributed by atoms with Gasteiger partial charge in [0, 0.05) is 45.0 Å². The van der Waals surface area contributed by atoms with Gasteiger partial charge in [-0.1, -0.05) is 24.3 Å². The van der Waals surface area contributed by atoms with E-state index >= 15 is 0 Å². The summed E-state index contributed by atoms with van der Waals surface area (Å²) in [6, 6.07) is 10.00. The molecule has 1 aliphatic heterocycles. The number of carbonyl (C=O) groups excluding carboxylic acids is 1. The van der Waals surface area contributed by atoms with E-state index in [1.165, 1.54) is 18.6 Å². The third-order valence-corrected chi connectivity index (χ3v) is 6.88. The number of carboxylic acid groups (broad SMARTS) is 1. The molecule has 188 valence electrons. The first-order valence-corrected chi connectivity index (χ1v) is 12.1. The predicted molar refractivity (Wildman–Crippen MR) is 139 cm³/mol. The van der Waals surface area contributed by atoms with Crippen LogP contribution in [0.3, 0.4) is 0 Å². The van der Waals surface area contributed by atoms with Gasteiger partial charge in [-0.2, -0.15) is 0 Å². The first kappa shape index (κ1) is 25.1. The van der Waals surface area contributed by atoms with Crippen LogP contribution in [0.25, 0.3) is 0 Å². The van der Waals surface area contributed by atoms with Crippen LogP contribution in [0, 0.1) is 6.92 Å². The van der Waals surface area contributed by atoms with E-state index in [-0.39, 0.29) is 18.2 Å². The molecule has 1 atom stereocenters. The topological polar surface area (TPSA) is 125 Å². The second-order valence-electron chi connectivity index (χ2n) is 8.93. The molecule has 36 heavy (non-hydrogen) atoms. The molecule has 2 aromatic carbocycles. The van der Waals surface area contributed by atoms with E-state index in [0.29, 0.717) is 24.5 Å². The van der Waals surface area contributed by atoms with E-state index in [1.807, 2.05) is 50.2 Å². The number of aliphatic carboxylic acids is 1. The van der Waals surface area contributed by atoms with Crippen molar-refractivity contribution in [3.63, 3.8) is 0 Å². The van der Waals surface area contributed by atoms with E-state index < -0.39 is 5.97 Å². The molecular formula is C27H32N6O3. The van der Waals surface area contributed by atoms with Gasteiger partial charge in [-0.05, 0) is 54.2 Å². The number of hydrazine groups is 1. The Morgan fingerprint density at radius 2 is 2.03 bits per heavy atom. The van der Waals surface area contributed by atoms with Gasteiger partial charge < -0.3 is 20.7 Å². The Labute approximate surface area is 210 Å². The number of rotatable bonds is 8. The number of hydrogen-bond acceptors (Lipinski definition) is 7.